The lowest BCUT2D eigenvalue weighted by Crippen LogP contribution is -2.42. The van der Waals surface area contributed by atoms with E-state index in [1.165, 1.54) is 7.11 Å². The average Bonchev–Trinajstić information content (AvgIpc) is 2.61. The highest BCUT2D eigenvalue weighted by Gasteiger charge is 2.34. The molecule has 3 rings (SSSR count). The minimum atomic E-state index is -0.436. The first kappa shape index (κ1) is 20.4. The number of carbonyl (C=O) groups excluding carboxylic acids is 1. The van der Waals surface area contributed by atoms with E-state index in [1.54, 1.807) is 18.2 Å². The summed E-state index contributed by atoms with van der Waals surface area (Å²) in [5, 5.41) is 7.31. The van der Waals surface area contributed by atoms with Gasteiger partial charge in [0.1, 0.15) is 11.4 Å². The first-order valence-corrected chi connectivity index (χ1v) is 9.72. The summed E-state index contributed by atoms with van der Waals surface area (Å²) in [5.41, 5.74) is 2.81. The molecule has 5 nitrogen and oxygen atoms in total. The molecule has 0 fully saturated rings. The molecule has 0 unspecified atom stereocenters. The highest BCUT2D eigenvalue weighted by Crippen LogP contribution is 2.40. The van der Waals surface area contributed by atoms with Gasteiger partial charge in [0.05, 0.1) is 29.4 Å². The SMILES string of the molecule is COC(=O)c1ccc(Cl)c(NC(=S)N[C@H]2CC(C)(C)Oc3cc(C)ccc32)c1. The van der Waals surface area contributed by atoms with Crippen LogP contribution >= 0.6 is 23.8 Å². The van der Waals surface area contributed by atoms with E-state index >= 15 is 0 Å². The fraction of sp³-hybridized carbons (Fsp3) is 0.333. The Morgan fingerprint density at radius 2 is 2.04 bits per heavy atom. The first-order valence-electron chi connectivity index (χ1n) is 8.93. The largest absolute Gasteiger partial charge is 0.487 e. The van der Waals surface area contributed by atoms with E-state index in [2.05, 4.69) is 36.6 Å². The van der Waals surface area contributed by atoms with Crippen molar-refractivity contribution in [2.24, 2.45) is 0 Å². The Labute approximate surface area is 175 Å². The van der Waals surface area contributed by atoms with E-state index in [0.717, 1.165) is 23.3 Å². The highest BCUT2D eigenvalue weighted by atomic mass is 35.5. The molecule has 0 aliphatic carbocycles. The van der Waals surface area contributed by atoms with Gasteiger partial charge in [0.15, 0.2) is 5.11 Å². The maximum atomic E-state index is 11.8. The van der Waals surface area contributed by atoms with Gasteiger partial charge in [-0.3, -0.25) is 0 Å². The Bertz CT molecular complexity index is 930. The van der Waals surface area contributed by atoms with Gasteiger partial charge < -0.3 is 20.1 Å². The number of rotatable bonds is 3. The minimum absolute atomic E-state index is 0.0121. The Kier molecular flexibility index (Phi) is 5.82. The second-order valence-corrected chi connectivity index (χ2v) is 8.26. The van der Waals surface area contributed by atoms with Gasteiger partial charge in [-0.05, 0) is 62.8 Å². The lowest BCUT2D eigenvalue weighted by Gasteiger charge is -2.38. The van der Waals surface area contributed by atoms with Crippen LogP contribution in [0.15, 0.2) is 36.4 Å². The maximum Gasteiger partial charge on any atom is 0.337 e. The standard InChI is InChI=1S/C21H23ClN2O3S/c1-12-5-7-14-17(11-21(2,3)27-18(14)9-12)24-20(28)23-16-10-13(19(25)26-4)6-8-15(16)22/h5-10,17H,11H2,1-4H3,(H2,23,24,28)/t17-/m0/s1. The lowest BCUT2D eigenvalue weighted by atomic mass is 9.89. The number of aryl methyl sites for hydroxylation is 1. The van der Waals surface area contributed by atoms with E-state index in [0.29, 0.717) is 21.4 Å². The molecule has 0 bridgehead atoms. The van der Waals surface area contributed by atoms with Gasteiger partial charge >= 0.3 is 5.97 Å². The number of anilines is 1. The quantitative estimate of drug-likeness (QED) is 0.539. The molecule has 0 radical (unpaired) electrons. The molecular formula is C21H23ClN2O3S. The van der Waals surface area contributed by atoms with Crippen LogP contribution in [0.5, 0.6) is 5.75 Å². The number of methoxy groups -OCH3 is 1. The van der Waals surface area contributed by atoms with E-state index in [-0.39, 0.29) is 11.6 Å². The van der Waals surface area contributed by atoms with Crippen LogP contribution < -0.4 is 15.4 Å². The van der Waals surface area contributed by atoms with Crippen LogP contribution in [-0.2, 0) is 4.74 Å². The van der Waals surface area contributed by atoms with Crippen molar-refractivity contribution in [3.8, 4) is 5.75 Å². The normalized spacial score (nSPS) is 17.1. The summed E-state index contributed by atoms with van der Waals surface area (Å²) in [6.45, 7) is 6.15. The van der Waals surface area contributed by atoms with Gasteiger partial charge in [0, 0.05) is 12.0 Å². The third-order valence-corrected chi connectivity index (χ3v) is 5.12. The van der Waals surface area contributed by atoms with Crippen molar-refractivity contribution in [2.75, 3.05) is 12.4 Å². The van der Waals surface area contributed by atoms with Gasteiger partial charge in [-0.2, -0.15) is 0 Å². The van der Waals surface area contributed by atoms with Crippen molar-refractivity contribution in [3.63, 3.8) is 0 Å². The molecule has 1 aliphatic rings. The predicted molar refractivity (Wildman–Crippen MR) is 115 cm³/mol. The molecule has 148 valence electrons. The molecule has 1 heterocycles. The number of benzene rings is 2. The van der Waals surface area contributed by atoms with Gasteiger partial charge in [-0.15, -0.1) is 0 Å². The van der Waals surface area contributed by atoms with Crippen molar-refractivity contribution in [3.05, 3.63) is 58.1 Å². The Morgan fingerprint density at radius 3 is 2.75 bits per heavy atom. The summed E-state index contributed by atoms with van der Waals surface area (Å²) in [6, 6.07) is 11.0. The molecule has 0 aromatic heterocycles. The van der Waals surface area contributed by atoms with Crippen molar-refractivity contribution in [2.45, 2.75) is 38.8 Å². The van der Waals surface area contributed by atoms with Crippen LogP contribution in [0.25, 0.3) is 0 Å². The van der Waals surface area contributed by atoms with Crippen LogP contribution in [0.1, 0.15) is 47.8 Å². The lowest BCUT2D eigenvalue weighted by molar-refractivity contribution is 0.0600. The monoisotopic (exact) mass is 418 g/mol. The number of carbonyl (C=O) groups is 1. The molecule has 0 saturated carbocycles. The Hall–Kier alpha value is -2.31. The number of halogens is 1. The number of fused-ring (bicyclic) bond motifs is 1. The fourth-order valence-corrected chi connectivity index (χ4v) is 3.69. The van der Waals surface area contributed by atoms with Crippen molar-refractivity contribution in [1.29, 1.82) is 0 Å². The maximum absolute atomic E-state index is 11.8. The fourth-order valence-electron chi connectivity index (χ4n) is 3.27. The van der Waals surface area contributed by atoms with E-state index in [4.69, 9.17) is 33.3 Å². The molecule has 28 heavy (non-hydrogen) atoms. The Balaban J connectivity index is 1.79. The number of hydrogen-bond donors (Lipinski definition) is 2. The number of thiocarbonyl (C=S) groups is 1. The molecule has 2 N–H and O–H groups in total. The smallest absolute Gasteiger partial charge is 0.337 e. The van der Waals surface area contributed by atoms with Gasteiger partial charge in [-0.25, -0.2) is 4.79 Å². The summed E-state index contributed by atoms with van der Waals surface area (Å²) in [5.74, 6) is 0.427. The zero-order chi connectivity index (χ0) is 20.5. The van der Waals surface area contributed by atoms with E-state index in [1.807, 2.05) is 13.0 Å². The summed E-state index contributed by atoms with van der Waals surface area (Å²) >= 11 is 11.8. The zero-order valence-electron chi connectivity index (χ0n) is 16.3. The molecule has 2 aromatic carbocycles. The number of esters is 1. The molecule has 2 aromatic rings. The number of hydrogen-bond acceptors (Lipinski definition) is 4. The number of nitrogens with one attached hydrogen (secondary N) is 2. The predicted octanol–water partition coefficient (Wildman–Crippen LogP) is 5.02. The Morgan fingerprint density at radius 1 is 1.29 bits per heavy atom. The van der Waals surface area contributed by atoms with Gasteiger partial charge in [0.25, 0.3) is 0 Å². The van der Waals surface area contributed by atoms with Crippen LogP contribution in [0, 0.1) is 6.92 Å². The first-order chi connectivity index (χ1) is 13.2. The topological polar surface area (TPSA) is 59.6 Å². The van der Waals surface area contributed by atoms with E-state index in [9.17, 15) is 4.79 Å². The number of ether oxygens (including phenoxy) is 2. The summed E-state index contributed by atoms with van der Waals surface area (Å²) in [4.78, 5) is 11.8. The van der Waals surface area contributed by atoms with Crippen molar-refractivity contribution < 1.29 is 14.3 Å². The summed E-state index contributed by atoms with van der Waals surface area (Å²) in [7, 11) is 1.34. The molecule has 0 saturated heterocycles. The van der Waals surface area contributed by atoms with Gasteiger partial charge in [0.2, 0.25) is 0 Å². The molecule has 1 atom stereocenters. The van der Waals surface area contributed by atoms with Crippen LogP contribution in [0.4, 0.5) is 5.69 Å². The third kappa shape index (κ3) is 4.56. The molecule has 0 amide bonds. The van der Waals surface area contributed by atoms with Crippen LogP contribution in [0.2, 0.25) is 5.02 Å². The van der Waals surface area contributed by atoms with Crippen molar-refractivity contribution >= 4 is 40.6 Å². The average molecular weight is 419 g/mol. The summed E-state index contributed by atoms with van der Waals surface area (Å²) < 4.78 is 10.9. The molecule has 0 spiro atoms. The van der Waals surface area contributed by atoms with Crippen molar-refractivity contribution in [1.82, 2.24) is 5.32 Å². The second-order valence-electron chi connectivity index (χ2n) is 7.44. The van der Waals surface area contributed by atoms with Crippen LogP contribution in [0.3, 0.4) is 0 Å². The highest BCUT2D eigenvalue weighted by molar-refractivity contribution is 7.80. The second kappa shape index (κ2) is 7.97. The minimum Gasteiger partial charge on any atom is -0.487 e. The molecule has 1 aliphatic heterocycles. The summed E-state index contributed by atoms with van der Waals surface area (Å²) in [6.07, 6.45) is 0.751. The van der Waals surface area contributed by atoms with Crippen LogP contribution in [-0.4, -0.2) is 23.8 Å². The zero-order valence-corrected chi connectivity index (χ0v) is 17.8. The molecule has 7 heteroatoms. The van der Waals surface area contributed by atoms with E-state index < -0.39 is 5.97 Å². The molecular weight excluding hydrogens is 396 g/mol. The third-order valence-electron chi connectivity index (χ3n) is 4.57. The van der Waals surface area contributed by atoms with Gasteiger partial charge in [-0.1, -0.05) is 23.7 Å².